The fourth-order valence-corrected chi connectivity index (χ4v) is 2.29. The van der Waals surface area contributed by atoms with E-state index in [2.05, 4.69) is 9.97 Å². The average molecular weight is 271 g/mol. The summed E-state index contributed by atoms with van der Waals surface area (Å²) < 4.78 is 0. The third-order valence-corrected chi connectivity index (χ3v) is 3.60. The highest BCUT2D eigenvalue weighted by Crippen LogP contribution is 2.34. The first kappa shape index (κ1) is 13.0. The summed E-state index contributed by atoms with van der Waals surface area (Å²) >= 11 is 5.79. The topological polar surface area (TPSA) is 72.2 Å². The highest BCUT2D eigenvalue weighted by atomic mass is 35.5. The largest absolute Gasteiger partial charge is 0.351 e. The molecule has 0 spiro atoms. The smallest absolute Gasteiger partial charge is 0.348 e. The van der Waals surface area contributed by atoms with Gasteiger partial charge in [-0.1, -0.05) is 18.0 Å². The Morgan fingerprint density at radius 2 is 2.28 bits per heavy atom. The molecule has 0 amide bonds. The minimum atomic E-state index is -0.513. The van der Waals surface area contributed by atoms with Crippen LogP contribution in [0.4, 0.5) is 11.5 Å². The van der Waals surface area contributed by atoms with Crippen LogP contribution in [-0.2, 0) is 0 Å². The van der Waals surface area contributed by atoms with Crippen LogP contribution in [0, 0.1) is 16.0 Å². The van der Waals surface area contributed by atoms with Crippen molar-refractivity contribution in [2.75, 3.05) is 18.0 Å². The molecule has 1 heterocycles. The molecule has 6 nitrogen and oxygen atoms in total. The number of nitro groups is 1. The summed E-state index contributed by atoms with van der Waals surface area (Å²) in [6.45, 7) is 3.42. The lowest BCUT2D eigenvalue weighted by Gasteiger charge is -2.32. The zero-order chi connectivity index (χ0) is 13.1. The van der Waals surface area contributed by atoms with Crippen LogP contribution in [0.25, 0.3) is 0 Å². The number of halogens is 1. The van der Waals surface area contributed by atoms with Gasteiger partial charge < -0.3 is 4.90 Å². The van der Waals surface area contributed by atoms with Crippen molar-refractivity contribution in [3.63, 3.8) is 0 Å². The molecule has 0 aliphatic heterocycles. The van der Waals surface area contributed by atoms with Gasteiger partial charge in [0.25, 0.3) is 0 Å². The van der Waals surface area contributed by atoms with E-state index in [-0.39, 0.29) is 10.8 Å². The summed E-state index contributed by atoms with van der Waals surface area (Å²) in [4.78, 5) is 20.2. The molecule has 1 aliphatic carbocycles. The van der Waals surface area contributed by atoms with E-state index in [0.29, 0.717) is 18.3 Å². The molecular weight excluding hydrogens is 256 g/mol. The van der Waals surface area contributed by atoms with Crippen molar-refractivity contribution < 1.29 is 4.92 Å². The average Bonchev–Trinajstić information content (AvgIpc) is 2.27. The van der Waals surface area contributed by atoms with Crippen LogP contribution in [0.3, 0.4) is 0 Å². The monoisotopic (exact) mass is 270 g/mol. The van der Waals surface area contributed by atoms with E-state index in [4.69, 9.17) is 11.6 Å². The molecule has 1 aliphatic rings. The fourth-order valence-electron chi connectivity index (χ4n) is 2.09. The maximum Gasteiger partial charge on any atom is 0.348 e. The Bertz CT molecular complexity index is 451. The molecular formula is C11H15ClN4O2. The molecule has 1 aromatic rings. The number of rotatable bonds is 5. The highest BCUT2D eigenvalue weighted by Gasteiger charge is 2.28. The molecule has 0 N–H and O–H groups in total. The zero-order valence-electron chi connectivity index (χ0n) is 10.2. The zero-order valence-corrected chi connectivity index (χ0v) is 10.9. The lowest BCUT2D eigenvalue weighted by atomic mass is 9.85. The van der Waals surface area contributed by atoms with Crippen molar-refractivity contribution in [2.24, 2.45) is 5.92 Å². The van der Waals surface area contributed by atoms with Gasteiger partial charge in [0.2, 0.25) is 11.0 Å². The summed E-state index contributed by atoms with van der Waals surface area (Å²) in [5.41, 5.74) is -0.194. The summed E-state index contributed by atoms with van der Waals surface area (Å²) in [5.74, 6) is 0.938. The first-order valence-electron chi connectivity index (χ1n) is 6.03. The number of anilines is 1. The molecule has 18 heavy (non-hydrogen) atoms. The molecule has 0 saturated heterocycles. The minimum absolute atomic E-state index is 0.0999. The SMILES string of the molecule is CCN(CC1CCC1)c1ncnc(Cl)c1[N+](=O)[O-]. The Labute approximate surface area is 110 Å². The molecule has 0 aromatic carbocycles. The Kier molecular flexibility index (Phi) is 3.96. The van der Waals surface area contributed by atoms with Gasteiger partial charge in [-0.05, 0) is 25.7 Å². The summed E-state index contributed by atoms with van der Waals surface area (Å²) in [5, 5.41) is 10.9. The van der Waals surface area contributed by atoms with Crippen molar-refractivity contribution in [3.8, 4) is 0 Å². The second-order valence-corrected chi connectivity index (χ2v) is 4.79. The van der Waals surface area contributed by atoms with E-state index in [1.54, 1.807) is 0 Å². The Hall–Kier alpha value is -1.43. The normalized spacial score (nSPS) is 15.2. The van der Waals surface area contributed by atoms with Gasteiger partial charge in [-0.25, -0.2) is 9.97 Å². The summed E-state index contributed by atoms with van der Waals surface area (Å²) in [6.07, 6.45) is 4.88. The van der Waals surface area contributed by atoms with E-state index in [9.17, 15) is 10.1 Å². The van der Waals surface area contributed by atoms with Crippen LogP contribution >= 0.6 is 11.6 Å². The lowest BCUT2D eigenvalue weighted by molar-refractivity contribution is -0.384. The van der Waals surface area contributed by atoms with Crippen molar-refractivity contribution in [2.45, 2.75) is 26.2 Å². The second kappa shape index (κ2) is 5.48. The number of hydrogen-bond donors (Lipinski definition) is 0. The van der Waals surface area contributed by atoms with Gasteiger partial charge in [0.1, 0.15) is 6.33 Å². The molecule has 98 valence electrons. The highest BCUT2D eigenvalue weighted by molar-refractivity contribution is 6.31. The number of hydrogen-bond acceptors (Lipinski definition) is 5. The van der Waals surface area contributed by atoms with E-state index >= 15 is 0 Å². The number of aromatic nitrogens is 2. The van der Waals surface area contributed by atoms with Gasteiger partial charge in [-0.3, -0.25) is 10.1 Å². The first-order chi connectivity index (χ1) is 8.63. The van der Waals surface area contributed by atoms with E-state index in [1.165, 1.54) is 25.6 Å². The molecule has 0 radical (unpaired) electrons. The summed E-state index contributed by atoms with van der Waals surface area (Å²) in [7, 11) is 0. The third-order valence-electron chi connectivity index (χ3n) is 3.33. The van der Waals surface area contributed by atoms with Gasteiger partial charge in [0, 0.05) is 13.1 Å². The van der Waals surface area contributed by atoms with Gasteiger partial charge >= 0.3 is 5.69 Å². The first-order valence-corrected chi connectivity index (χ1v) is 6.41. The quantitative estimate of drug-likeness (QED) is 0.467. The number of nitrogens with zero attached hydrogens (tertiary/aromatic N) is 4. The van der Waals surface area contributed by atoms with Crippen molar-refractivity contribution in [1.82, 2.24) is 9.97 Å². The van der Waals surface area contributed by atoms with Crippen molar-refractivity contribution >= 4 is 23.1 Å². The van der Waals surface area contributed by atoms with Crippen LogP contribution in [0.2, 0.25) is 5.15 Å². The molecule has 0 bridgehead atoms. The third kappa shape index (κ3) is 2.53. The van der Waals surface area contributed by atoms with E-state index in [0.717, 1.165) is 6.54 Å². The second-order valence-electron chi connectivity index (χ2n) is 4.43. The van der Waals surface area contributed by atoms with Crippen LogP contribution in [-0.4, -0.2) is 28.0 Å². The van der Waals surface area contributed by atoms with Gasteiger partial charge in [-0.15, -0.1) is 0 Å². The standard InChI is InChI=1S/C11H15ClN4O2/c1-2-15(6-8-4-3-5-8)11-9(16(17)18)10(12)13-7-14-11/h7-8H,2-6H2,1H3. The van der Waals surface area contributed by atoms with Crippen molar-refractivity contribution in [3.05, 3.63) is 21.6 Å². The maximum atomic E-state index is 11.0. The van der Waals surface area contributed by atoms with Crippen LogP contribution in [0.15, 0.2) is 6.33 Å². The van der Waals surface area contributed by atoms with Crippen LogP contribution in [0.1, 0.15) is 26.2 Å². The van der Waals surface area contributed by atoms with E-state index in [1.807, 2.05) is 11.8 Å². The molecule has 1 fully saturated rings. The van der Waals surface area contributed by atoms with Crippen LogP contribution < -0.4 is 4.90 Å². The maximum absolute atomic E-state index is 11.0. The fraction of sp³-hybridized carbons (Fsp3) is 0.636. The molecule has 7 heteroatoms. The predicted octanol–water partition coefficient (Wildman–Crippen LogP) is 2.66. The molecule has 2 rings (SSSR count). The van der Waals surface area contributed by atoms with Crippen molar-refractivity contribution in [1.29, 1.82) is 0 Å². The van der Waals surface area contributed by atoms with Gasteiger partial charge in [0.15, 0.2) is 0 Å². The Morgan fingerprint density at radius 3 is 2.78 bits per heavy atom. The molecule has 0 atom stereocenters. The van der Waals surface area contributed by atoms with E-state index < -0.39 is 4.92 Å². The van der Waals surface area contributed by atoms with Gasteiger partial charge in [0.05, 0.1) is 4.92 Å². The summed E-state index contributed by atoms with van der Waals surface area (Å²) in [6, 6.07) is 0. The van der Waals surface area contributed by atoms with Crippen LogP contribution in [0.5, 0.6) is 0 Å². The Balaban J connectivity index is 2.28. The lowest BCUT2D eigenvalue weighted by Crippen LogP contribution is -2.33. The molecule has 1 aromatic heterocycles. The molecule has 0 unspecified atom stereocenters. The Morgan fingerprint density at radius 1 is 1.56 bits per heavy atom. The minimum Gasteiger partial charge on any atom is -0.351 e. The molecule has 1 saturated carbocycles. The van der Waals surface area contributed by atoms with Gasteiger partial charge in [-0.2, -0.15) is 0 Å². The predicted molar refractivity (Wildman–Crippen MR) is 68.9 cm³/mol.